The summed E-state index contributed by atoms with van der Waals surface area (Å²) in [6.07, 6.45) is 8.17. The first-order chi connectivity index (χ1) is 14.7. The van der Waals surface area contributed by atoms with Gasteiger partial charge in [0, 0.05) is 24.8 Å². The van der Waals surface area contributed by atoms with Crippen molar-refractivity contribution in [3.8, 4) is 5.69 Å². The molecular formula is C22H29N7O. The fourth-order valence-electron chi connectivity index (χ4n) is 3.06. The van der Waals surface area contributed by atoms with Crippen molar-refractivity contribution in [1.82, 2.24) is 24.7 Å². The molecule has 2 aromatic heterocycles. The number of benzene rings is 1. The van der Waals surface area contributed by atoms with Crippen LogP contribution in [0.5, 0.6) is 0 Å². The Balaban J connectivity index is 0.00000124. The number of carbonyl (C=O) groups excluding carboxylic acids is 1. The van der Waals surface area contributed by atoms with Crippen LogP contribution in [0.3, 0.4) is 0 Å². The van der Waals surface area contributed by atoms with E-state index in [2.05, 4.69) is 37.2 Å². The summed E-state index contributed by atoms with van der Waals surface area (Å²) in [7, 11) is 0. The molecule has 0 unspecified atom stereocenters. The molecule has 1 N–H and O–H groups in total. The molecule has 3 aromatic rings. The van der Waals surface area contributed by atoms with E-state index in [4.69, 9.17) is 0 Å². The highest BCUT2D eigenvalue weighted by molar-refractivity contribution is 6.03. The highest BCUT2D eigenvalue weighted by atomic mass is 16.1. The topological polar surface area (TPSA) is 88.8 Å². The molecule has 0 bridgehead atoms. The smallest absolute Gasteiger partial charge is 0.274 e. The normalized spacial score (nSPS) is 12.6. The van der Waals surface area contributed by atoms with Crippen LogP contribution in [-0.4, -0.2) is 43.7 Å². The van der Waals surface area contributed by atoms with Crippen LogP contribution in [0.25, 0.3) is 5.69 Å². The van der Waals surface area contributed by atoms with E-state index in [0.717, 1.165) is 36.9 Å². The van der Waals surface area contributed by atoms with Gasteiger partial charge in [0.25, 0.3) is 5.91 Å². The van der Waals surface area contributed by atoms with Crippen LogP contribution in [0.1, 0.15) is 50.5 Å². The van der Waals surface area contributed by atoms with Gasteiger partial charge >= 0.3 is 0 Å². The molecule has 30 heavy (non-hydrogen) atoms. The van der Waals surface area contributed by atoms with Crippen molar-refractivity contribution >= 4 is 17.4 Å². The van der Waals surface area contributed by atoms with Gasteiger partial charge in [-0.15, -0.1) is 0 Å². The third-order valence-corrected chi connectivity index (χ3v) is 4.69. The highest BCUT2D eigenvalue weighted by Gasteiger charge is 2.25. The van der Waals surface area contributed by atoms with Crippen molar-refractivity contribution < 1.29 is 4.79 Å². The van der Waals surface area contributed by atoms with E-state index >= 15 is 0 Å². The van der Waals surface area contributed by atoms with Crippen LogP contribution < -0.4 is 10.2 Å². The summed E-state index contributed by atoms with van der Waals surface area (Å²) in [6.45, 7) is 8.08. The number of hydrogen-bond acceptors (Lipinski definition) is 6. The quantitative estimate of drug-likeness (QED) is 0.608. The number of hydrogen-bond donors (Lipinski definition) is 1. The standard InChI is InChI=1S/C20H23N7O.C2H6/c1-2-9-26(11-15-3-4-15)19-10-18(22-13-23-19)20(28)25-16-5-7-17(8-6-16)27-14-21-12-24-27;1-2/h5-8,10,12-15H,2-4,9,11H2,1H3,(H,25,28);1-2H3. The Morgan fingerprint density at radius 1 is 1.17 bits per heavy atom. The van der Waals surface area contributed by atoms with Gasteiger partial charge in [0.15, 0.2) is 0 Å². The van der Waals surface area contributed by atoms with Gasteiger partial charge in [0.05, 0.1) is 5.69 Å². The zero-order chi connectivity index (χ0) is 21.3. The maximum absolute atomic E-state index is 12.6. The van der Waals surface area contributed by atoms with Crippen LogP contribution in [-0.2, 0) is 0 Å². The van der Waals surface area contributed by atoms with Crippen LogP contribution >= 0.6 is 0 Å². The summed E-state index contributed by atoms with van der Waals surface area (Å²) in [6, 6.07) is 9.17. The van der Waals surface area contributed by atoms with Crippen molar-refractivity contribution in [1.29, 1.82) is 0 Å². The second-order valence-corrected chi connectivity index (χ2v) is 6.99. The summed E-state index contributed by atoms with van der Waals surface area (Å²) >= 11 is 0. The molecule has 8 nitrogen and oxygen atoms in total. The van der Waals surface area contributed by atoms with Crippen LogP contribution in [0.15, 0.2) is 49.3 Å². The molecule has 0 radical (unpaired) electrons. The number of nitrogens with zero attached hydrogens (tertiary/aromatic N) is 6. The third-order valence-electron chi connectivity index (χ3n) is 4.69. The van der Waals surface area contributed by atoms with E-state index in [1.165, 1.54) is 25.5 Å². The van der Waals surface area contributed by atoms with E-state index in [9.17, 15) is 4.79 Å². The molecule has 1 aromatic carbocycles. The Bertz CT molecular complexity index is 921. The van der Waals surface area contributed by atoms with Gasteiger partial charge in [-0.05, 0) is 49.4 Å². The van der Waals surface area contributed by atoms with Crippen LogP contribution in [0.4, 0.5) is 11.5 Å². The summed E-state index contributed by atoms with van der Waals surface area (Å²) in [5, 5.41) is 6.98. The van der Waals surface area contributed by atoms with Gasteiger partial charge < -0.3 is 10.2 Å². The summed E-state index contributed by atoms with van der Waals surface area (Å²) in [5.74, 6) is 1.32. The van der Waals surface area contributed by atoms with Gasteiger partial charge in [-0.3, -0.25) is 4.79 Å². The van der Waals surface area contributed by atoms with Crippen molar-refractivity contribution in [3.05, 3.63) is 55.0 Å². The Morgan fingerprint density at radius 3 is 2.57 bits per heavy atom. The van der Waals surface area contributed by atoms with Gasteiger partial charge in [-0.2, -0.15) is 5.10 Å². The summed E-state index contributed by atoms with van der Waals surface area (Å²) in [4.78, 5) is 27.4. The number of carbonyl (C=O) groups is 1. The van der Waals surface area contributed by atoms with Gasteiger partial charge in [0.1, 0.15) is 30.5 Å². The highest BCUT2D eigenvalue weighted by Crippen LogP contribution is 2.31. The first-order valence-electron chi connectivity index (χ1n) is 10.6. The SMILES string of the molecule is CC.CCCN(CC1CC1)c1cc(C(=O)Nc2ccc(-n3cncn3)cc2)ncn1. The molecular weight excluding hydrogens is 378 g/mol. The van der Waals surface area contributed by atoms with Crippen LogP contribution in [0, 0.1) is 5.92 Å². The number of nitrogens with one attached hydrogen (secondary N) is 1. The second-order valence-electron chi connectivity index (χ2n) is 6.99. The average molecular weight is 408 g/mol. The Kier molecular flexibility index (Phi) is 7.48. The molecule has 158 valence electrons. The Hall–Kier alpha value is -3.29. The molecule has 8 heteroatoms. The second kappa shape index (κ2) is 10.5. The molecule has 1 aliphatic rings. The molecule has 2 heterocycles. The molecule has 1 fully saturated rings. The van der Waals surface area contributed by atoms with Gasteiger partial charge in [-0.1, -0.05) is 20.8 Å². The zero-order valence-corrected chi connectivity index (χ0v) is 17.8. The fraction of sp³-hybridized carbons (Fsp3) is 0.409. The molecule has 0 aliphatic heterocycles. The Morgan fingerprint density at radius 2 is 1.93 bits per heavy atom. The van der Waals surface area contributed by atoms with E-state index in [1.54, 1.807) is 17.1 Å². The average Bonchev–Trinajstić information content (AvgIpc) is 3.44. The number of anilines is 2. The van der Waals surface area contributed by atoms with Gasteiger partial charge in [0.2, 0.25) is 0 Å². The van der Waals surface area contributed by atoms with E-state index in [1.807, 2.05) is 38.1 Å². The van der Waals surface area contributed by atoms with Crippen LogP contribution in [0.2, 0.25) is 0 Å². The van der Waals surface area contributed by atoms with Crippen molar-refractivity contribution in [2.24, 2.45) is 5.92 Å². The molecule has 0 atom stereocenters. The monoisotopic (exact) mass is 407 g/mol. The molecule has 0 saturated heterocycles. The lowest BCUT2D eigenvalue weighted by molar-refractivity contribution is 0.102. The first kappa shape index (κ1) is 21.4. The zero-order valence-electron chi connectivity index (χ0n) is 17.8. The lowest BCUT2D eigenvalue weighted by Gasteiger charge is -2.23. The maximum Gasteiger partial charge on any atom is 0.274 e. The maximum atomic E-state index is 12.6. The largest absolute Gasteiger partial charge is 0.356 e. The van der Waals surface area contributed by atoms with Crippen molar-refractivity contribution in [2.45, 2.75) is 40.0 Å². The minimum absolute atomic E-state index is 0.250. The molecule has 1 saturated carbocycles. The van der Waals surface area contributed by atoms with Crippen molar-refractivity contribution in [2.75, 3.05) is 23.3 Å². The Labute approximate surface area is 177 Å². The summed E-state index contributed by atoms with van der Waals surface area (Å²) in [5.41, 5.74) is 1.93. The van der Waals surface area contributed by atoms with Crippen molar-refractivity contribution in [3.63, 3.8) is 0 Å². The lowest BCUT2D eigenvalue weighted by atomic mass is 10.2. The lowest BCUT2D eigenvalue weighted by Crippen LogP contribution is -2.28. The minimum atomic E-state index is -0.250. The minimum Gasteiger partial charge on any atom is -0.356 e. The van der Waals surface area contributed by atoms with E-state index < -0.39 is 0 Å². The predicted octanol–water partition coefficient (Wildman–Crippen LogP) is 3.96. The number of aromatic nitrogens is 5. The molecule has 1 amide bonds. The molecule has 1 aliphatic carbocycles. The van der Waals surface area contributed by atoms with E-state index in [0.29, 0.717) is 11.4 Å². The van der Waals surface area contributed by atoms with Gasteiger partial charge in [-0.25, -0.2) is 19.6 Å². The van der Waals surface area contributed by atoms with E-state index in [-0.39, 0.29) is 5.91 Å². The summed E-state index contributed by atoms with van der Waals surface area (Å²) < 4.78 is 1.66. The number of amides is 1. The first-order valence-corrected chi connectivity index (χ1v) is 10.6. The predicted molar refractivity (Wildman–Crippen MR) is 118 cm³/mol. The molecule has 4 rings (SSSR count). The third kappa shape index (κ3) is 5.62. The fourth-order valence-corrected chi connectivity index (χ4v) is 3.06. The molecule has 0 spiro atoms. The number of rotatable bonds is 8.